The molecule has 2 rings (SSSR count). The molecule has 0 bridgehead atoms. The molecule has 1 aromatic heterocycles. The van der Waals surface area contributed by atoms with E-state index >= 15 is 0 Å². The van der Waals surface area contributed by atoms with E-state index < -0.39 is 0 Å². The average molecular weight is 281 g/mol. The zero-order chi connectivity index (χ0) is 13.0. The Morgan fingerprint density at radius 1 is 1.44 bits per heavy atom. The van der Waals surface area contributed by atoms with Crippen molar-refractivity contribution in [3.05, 3.63) is 34.8 Å². The molecule has 18 heavy (non-hydrogen) atoms. The first-order valence-corrected chi connectivity index (χ1v) is 7.23. The Bertz CT molecular complexity index is 516. The van der Waals surface area contributed by atoms with Crippen molar-refractivity contribution in [1.82, 2.24) is 10.2 Å². The number of hydrogen-bond donors (Lipinski definition) is 1. The van der Waals surface area contributed by atoms with E-state index in [-0.39, 0.29) is 5.25 Å². The first kappa shape index (κ1) is 13.3. The zero-order valence-electron chi connectivity index (χ0n) is 10.3. The maximum absolute atomic E-state index is 5.85. The van der Waals surface area contributed by atoms with Crippen molar-refractivity contribution in [2.75, 3.05) is 13.7 Å². The Balaban J connectivity index is 2.17. The molecule has 0 spiro atoms. The summed E-state index contributed by atoms with van der Waals surface area (Å²) >= 11 is 3.24. The van der Waals surface area contributed by atoms with Crippen molar-refractivity contribution in [3.8, 4) is 5.75 Å². The monoisotopic (exact) mass is 281 g/mol. The highest BCUT2D eigenvalue weighted by molar-refractivity contribution is 8.01. The van der Waals surface area contributed by atoms with Crippen LogP contribution >= 0.6 is 23.1 Å². The smallest absolute Gasteiger partial charge is 0.174 e. The molecule has 0 aliphatic carbocycles. The Kier molecular flexibility index (Phi) is 4.57. The number of methoxy groups -OCH3 is 1. The number of thioether (sulfide) groups is 1. The zero-order valence-corrected chi connectivity index (χ0v) is 11.9. The Hall–Kier alpha value is -1.11. The van der Waals surface area contributed by atoms with Crippen LogP contribution in [-0.2, 0) is 0 Å². The van der Waals surface area contributed by atoms with Gasteiger partial charge in [0, 0.05) is 11.8 Å². The normalized spacial score (nSPS) is 12.4. The summed E-state index contributed by atoms with van der Waals surface area (Å²) in [4.78, 5) is 0. The van der Waals surface area contributed by atoms with Crippen molar-refractivity contribution in [1.29, 1.82) is 0 Å². The Morgan fingerprint density at radius 2 is 2.28 bits per heavy atom. The SMILES string of the molecule is COc1cccc(C(CN)Sc2nnc(C)s2)c1. The van der Waals surface area contributed by atoms with Gasteiger partial charge in [0.15, 0.2) is 4.34 Å². The molecule has 0 aliphatic rings. The quantitative estimate of drug-likeness (QED) is 0.854. The van der Waals surface area contributed by atoms with Crippen LogP contribution in [0.25, 0.3) is 0 Å². The average Bonchev–Trinajstić information content (AvgIpc) is 2.81. The van der Waals surface area contributed by atoms with Crippen LogP contribution in [0.2, 0.25) is 0 Å². The van der Waals surface area contributed by atoms with Crippen molar-refractivity contribution in [3.63, 3.8) is 0 Å². The number of nitrogens with two attached hydrogens (primary N) is 1. The molecule has 0 saturated heterocycles. The van der Waals surface area contributed by atoms with Gasteiger partial charge in [-0.25, -0.2) is 0 Å². The summed E-state index contributed by atoms with van der Waals surface area (Å²) in [6, 6.07) is 7.97. The van der Waals surface area contributed by atoms with E-state index in [1.165, 1.54) is 0 Å². The fraction of sp³-hybridized carbons (Fsp3) is 0.333. The van der Waals surface area contributed by atoms with Crippen LogP contribution in [-0.4, -0.2) is 23.9 Å². The lowest BCUT2D eigenvalue weighted by Gasteiger charge is -2.13. The number of aryl methyl sites for hydroxylation is 1. The highest BCUT2D eigenvalue weighted by Gasteiger charge is 2.14. The minimum atomic E-state index is 0.174. The fourth-order valence-corrected chi connectivity index (χ4v) is 3.57. The second-order valence-corrected chi connectivity index (χ2v) is 6.34. The first-order chi connectivity index (χ1) is 8.72. The molecule has 1 unspecified atom stereocenters. The lowest BCUT2D eigenvalue weighted by Crippen LogP contribution is -2.09. The summed E-state index contributed by atoms with van der Waals surface area (Å²) in [6.07, 6.45) is 0. The number of ether oxygens (including phenoxy) is 1. The third-order valence-electron chi connectivity index (χ3n) is 2.43. The van der Waals surface area contributed by atoms with Crippen LogP contribution in [0.4, 0.5) is 0 Å². The number of aromatic nitrogens is 2. The third kappa shape index (κ3) is 3.22. The van der Waals surface area contributed by atoms with Gasteiger partial charge in [0.25, 0.3) is 0 Å². The van der Waals surface area contributed by atoms with Gasteiger partial charge in [0.05, 0.1) is 7.11 Å². The molecule has 1 aromatic carbocycles. The van der Waals surface area contributed by atoms with Gasteiger partial charge >= 0.3 is 0 Å². The van der Waals surface area contributed by atoms with Gasteiger partial charge < -0.3 is 10.5 Å². The van der Waals surface area contributed by atoms with Crippen molar-refractivity contribution in [2.24, 2.45) is 5.73 Å². The van der Waals surface area contributed by atoms with Gasteiger partial charge in [-0.3, -0.25) is 0 Å². The molecule has 0 amide bonds. The Labute approximate surface area is 115 Å². The fourth-order valence-electron chi connectivity index (χ4n) is 1.54. The van der Waals surface area contributed by atoms with Crippen molar-refractivity contribution in [2.45, 2.75) is 16.5 Å². The molecule has 1 atom stereocenters. The highest BCUT2D eigenvalue weighted by atomic mass is 32.2. The van der Waals surface area contributed by atoms with Crippen molar-refractivity contribution >= 4 is 23.1 Å². The second-order valence-electron chi connectivity index (χ2n) is 3.71. The summed E-state index contributed by atoms with van der Waals surface area (Å²) in [7, 11) is 1.66. The molecule has 2 aromatic rings. The lowest BCUT2D eigenvalue weighted by atomic mass is 10.1. The van der Waals surface area contributed by atoms with Gasteiger partial charge in [-0.2, -0.15) is 0 Å². The summed E-state index contributed by atoms with van der Waals surface area (Å²) in [5.41, 5.74) is 6.99. The van der Waals surface area contributed by atoms with E-state index in [0.717, 1.165) is 20.7 Å². The van der Waals surface area contributed by atoms with Crippen LogP contribution in [0.1, 0.15) is 15.8 Å². The number of hydrogen-bond acceptors (Lipinski definition) is 6. The van der Waals surface area contributed by atoms with Gasteiger partial charge in [-0.05, 0) is 24.6 Å². The maximum atomic E-state index is 5.85. The van der Waals surface area contributed by atoms with E-state index in [2.05, 4.69) is 16.3 Å². The van der Waals surface area contributed by atoms with Crippen LogP contribution in [0.15, 0.2) is 28.6 Å². The van der Waals surface area contributed by atoms with E-state index in [1.807, 2.05) is 25.1 Å². The molecule has 0 fully saturated rings. The molecule has 1 heterocycles. The molecule has 2 N–H and O–H groups in total. The van der Waals surface area contributed by atoms with E-state index in [4.69, 9.17) is 10.5 Å². The molecule has 0 aliphatic heterocycles. The molecule has 4 nitrogen and oxygen atoms in total. The van der Waals surface area contributed by atoms with Crippen LogP contribution in [0, 0.1) is 6.92 Å². The van der Waals surface area contributed by atoms with Gasteiger partial charge in [-0.15, -0.1) is 10.2 Å². The molecule has 6 heteroatoms. The Morgan fingerprint density at radius 3 is 2.89 bits per heavy atom. The van der Waals surface area contributed by atoms with Crippen LogP contribution in [0.3, 0.4) is 0 Å². The predicted octanol–water partition coefficient (Wildman–Crippen LogP) is 2.65. The largest absolute Gasteiger partial charge is 0.497 e. The predicted molar refractivity (Wildman–Crippen MR) is 75.3 cm³/mol. The van der Waals surface area contributed by atoms with Crippen LogP contribution < -0.4 is 10.5 Å². The minimum absolute atomic E-state index is 0.174. The third-order valence-corrected chi connectivity index (χ3v) is 4.63. The number of rotatable bonds is 5. The molecule has 0 saturated carbocycles. The minimum Gasteiger partial charge on any atom is -0.497 e. The molecular weight excluding hydrogens is 266 g/mol. The maximum Gasteiger partial charge on any atom is 0.174 e. The second kappa shape index (κ2) is 6.17. The molecule has 96 valence electrons. The van der Waals surface area contributed by atoms with E-state index in [9.17, 15) is 0 Å². The van der Waals surface area contributed by atoms with Crippen molar-refractivity contribution < 1.29 is 4.74 Å². The highest BCUT2D eigenvalue weighted by Crippen LogP contribution is 2.36. The first-order valence-electron chi connectivity index (χ1n) is 5.53. The summed E-state index contributed by atoms with van der Waals surface area (Å²) < 4.78 is 6.18. The topological polar surface area (TPSA) is 61.0 Å². The van der Waals surface area contributed by atoms with E-state index in [0.29, 0.717) is 6.54 Å². The lowest BCUT2D eigenvalue weighted by molar-refractivity contribution is 0.414. The standard InChI is InChI=1S/C12H15N3OS2/c1-8-14-15-12(17-8)18-11(7-13)9-4-3-5-10(6-9)16-2/h3-6,11H,7,13H2,1-2H3. The van der Waals surface area contributed by atoms with Gasteiger partial charge in [-0.1, -0.05) is 35.2 Å². The summed E-state index contributed by atoms with van der Waals surface area (Å²) in [6.45, 7) is 2.50. The summed E-state index contributed by atoms with van der Waals surface area (Å²) in [5.74, 6) is 0.847. The number of nitrogens with zero attached hydrogens (tertiary/aromatic N) is 2. The molecular formula is C12H15N3OS2. The number of benzene rings is 1. The van der Waals surface area contributed by atoms with Crippen LogP contribution in [0.5, 0.6) is 5.75 Å². The van der Waals surface area contributed by atoms with Gasteiger partial charge in [0.2, 0.25) is 0 Å². The van der Waals surface area contributed by atoms with Gasteiger partial charge in [0.1, 0.15) is 10.8 Å². The molecule has 0 radical (unpaired) electrons. The van der Waals surface area contributed by atoms with E-state index in [1.54, 1.807) is 30.2 Å². The summed E-state index contributed by atoms with van der Waals surface area (Å²) in [5, 5.41) is 9.27.